The van der Waals surface area contributed by atoms with Crippen LogP contribution >= 0.6 is 0 Å². The number of amides is 1. The van der Waals surface area contributed by atoms with Gasteiger partial charge in [0.25, 0.3) is 0 Å². The number of rotatable bonds is 7. The molecule has 6 heteroatoms. The minimum atomic E-state index is 0.148. The van der Waals surface area contributed by atoms with Gasteiger partial charge >= 0.3 is 0 Å². The Bertz CT molecular complexity index is 526. The van der Waals surface area contributed by atoms with E-state index in [0.29, 0.717) is 12.3 Å². The molecule has 0 unspecified atom stereocenters. The molecule has 0 aromatic carbocycles. The average molecular weight is 320 g/mol. The Morgan fingerprint density at radius 3 is 2.87 bits per heavy atom. The molecule has 23 heavy (non-hydrogen) atoms. The van der Waals surface area contributed by atoms with Crippen molar-refractivity contribution in [3.05, 3.63) is 18.0 Å². The maximum atomic E-state index is 12.7. The van der Waals surface area contributed by atoms with Crippen LogP contribution < -0.4 is 0 Å². The van der Waals surface area contributed by atoms with Crippen LogP contribution in [-0.4, -0.2) is 71.4 Å². The monoisotopic (exact) mass is 320 g/mol. The highest BCUT2D eigenvalue weighted by Crippen LogP contribution is 2.30. The van der Waals surface area contributed by atoms with Crippen molar-refractivity contribution in [2.75, 3.05) is 39.8 Å². The molecule has 1 aromatic rings. The molecule has 2 heterocycles. The molecule has 1 saturated carbocycles. The van der Waals surface area contributed by atoms with Gasteiger partial charge in [-0.15, -0.1) is 0 Å². The van der Waals surface area contributed by atoms with E-state index in [1.165, 1.54) is 12.8 Å². The average Bonchev–Trinajstić information content (AvgIpc) is 3.24. The van der Waals surface area contributed by atoms with E-state index in [-0.39, 0.29) is 12.0 Å². The molecular formula is C17H28N4O2. The van der Waals surface area contributed by atoms with Crippen molar-refractivity contribution >= 4 is 5.91 Å². The van der Waals surface area contributed by atoms with E-state index in [4.69, 9.17) is 4.74 Å². The van der Waals surface area contributed by atoms with Crippen molar-refractivity contribution in [3.8, 4) is 0 Å². The van der Waals surface area contributed by atoms with E-state index in [9.17, 15) is 4.79 Å². The van der Waals surface area contributed by atoms with E-state index in [0.717, 1.165) is 44.8 Å². The lowest BCUT2D eigenvalue weighted by molar-refractivity contribution is -0.134. The van der Waals surface area contributed by atoms with Gasteiger partial charge in [-0.05, 0) is 37.8 Å². The van der Waals surface area contributed by atoms with Gasteiger partial charge in [0.1, 0.15) is 0 Å². The standard InChI is InChI=1S/C17H28N4O2/c1-19-7-8-23-16(12-19)13-21(11-14-3-4-14)17(22)6-5-15-9-18-20(2)10-15/h9-10,14,16H,3-8,11-13H2,1-2H3/t16-/m1/s1. The lowest BCUT2D eigenvalue weighted by Gasteiger charge is -2.34. The van der Waals surface area contributed by atoms with E-state index >= 15 is 0 Å². The van der Waals surface area contributed by atoms with E-state index < -0.39 is 0 Å². The Labute approximate surface area is 138 Å². The lowest BCUT2D eigenvalue weighted by Crippen LogP contribution is -2.48. The van der Waals surface area contributed by atoms with Crippen LogP contribution in [0.25, 0.3) is 0 Å². The summed E-state index contributed by atoms with van der Waals surface area (Å²) in [6.45, 7) is 4.29. The number of aromatic nitrogens is 2. The highest BCUT2D eigenvalue weighted by molar-refractivity contribution is 5.76. The van der Waals surface area contributed by atoms with Crippen molar-refractivity contribution in [2.45, 2.75) is 31.8 Å². The summed E-state index contributed by atoms with van der Waals surface area (Å²) in [5.74, 6) is 0.955. The smallest absolute Gasteiger partial charge is 0.223 e. The van der Waals surface area contributed by atoms with Crippen LogP contribution in [0.1, 0.15) is 24.8 Å². The number of ether oxygens (including phenoxy) is 1. The minimum Gasteiger partial charge on any atom is -0.374 e. The van der Waals surface area contributed by atoms with Gasteiger partial charge in [0.2, 0.25) is 5.91 Å². The third-order valence-corrected chi connectivity index (χ3v) is 4.68. The molecule has 128 valence electrons. The Morgan fingerprint density at radius 1 is 1.39 bits per heavy atom. The summed E-state index contributed by atoms with van der Waals surface area (Å²) in [5.41, 5.74) is 1.13. The predicted molar refractivity (Wildman–Crippen MR) is 88.1 cm³/mol. The van der Waals surface area contributed by atoms with Gasteiger partial charge in [-0.3, -0.25) is 9.48 Å². The summed E-state index contributed by atoms with van der Waals surface area (Å²) >= 11 is 0. The van der Waals surface area contributed by atoms with Crippen molar-refractivity contribution < 1.29 is 9.53 Å². The van der Waals surface area contributed by atoms with Gasteiger partial charge in [0, 0.05) is 45.8 Å². The molecule has 1 aliphatic heterocycles. The highest BCUT2D eigenvalue weighted by Gasteiger charge is 2.29. The number of carbonyl (C=O) groups excluding carboxylic acids is 1. The van der Waals surface area contributed by atoms with Gasteiger partial charge in [0.15, 0.2) is 0 Å². The highest BCUT2D eigenvalue weighted by atomic mass is 16.5. The SMILES string of the molecule is CN1CCO[C@@H](CN(CC2CC2)C(=O)CCc2cnn(C)c2)C1. The van der Waals surface area contributed by atoms with Crippen molar-refractivity contribution in [1.29, 1.82) is 0 Å². The Kier molecular flexibility index (Phi) is 5.33. The minimum absolute atomic E-state index is 0.148. The second-order valence-electron chi connectivity index (χ2n) is 7.02. The first-order valence-electron chi connectivity index (χ1n) is 8.65. The fraction of sp³-hybridized carbons (Fsp3) is 0.765. The van der Waals surface area contributed by atoms with Crippen LogP contribution in [0.3, 0.4) is 0 Å². The second kappa shape index (κ2) is 7.45. The van der Waals surface area contributed by atoms with Gasteiger partial charge in [0.05, 0.1) is 18.9 Å². The lowest BCUT2D eigenvalue weighted by atomic mass is 10.1. The summed E-state index contributed by atoms with van der Waals surface area (Å²) in [5, 5.41) is 4.17. The van der Waals surface area contributed by atoms with Crippen LogP contribution in [-0.2, 0) is 23.0 Å². The van der Waals surface area contributed by atoms with Crippen molar-refractivity contribution in [3.63, 3.8) is 0 Å². The molecular weight excluding hydrogens is 292 g/mol. The molecule has 2 fully saturated rings. The number of morpholine rings is 1. The van der Waals surface area contributed by atoms with Gasteiger partial charge < -0.3 is 14.5 Å². The zero-order valence-electron chi connectivity index (χ0n) is 14.3. The Balaban J connectivity index is 1.52. The Hall–Kier alpha value is -1.40. The normalized spacial score (nSPS) is 22.3. The fourth-order valence-electron chi connectivity index (χ4n) is 3.12. The van der Waals surface area contributed by atoms with Gasteiger partial charge in [-0.2, -0.15) is 5.10 Å². The van der Waals surface area contributed by atoms with Crippen LogP contribution in [0.2, 0.25) is 0 Å². The van der Waals surface area contributed by atoms with E-state index in [2.05, 4.69) is 17.0 Å². The topological polar surface area (TPSA) is 50.6 Å². The summed E-state index contributed by atoms with van der Waals surface area (Å²) in [6, 6.07) is 0. The van der Waals surface area contributed by atoms with Crippen LogP contribution in [0, 0.1) is 5.92 Å². The summed E-state index contributed by atoms with van der Waals surface area (Å²) in [7, 11) is 4.02. The second-order valence-corrected chi connectivity index (χ2v) is 7.02. The third kappa shape index (κ3) is 5.04. The maximum Gasteiger partial charge on any atom is 0.223 e. The molecule has 1 atom stereocenters. The molecule has 6 nitrogen and oxygen atoms in total. The number of likely N-dealkylation sites (N-methyl/N-ethyl adjacent to an activating group) is 1. The number of nitrogens with zero attached hydrogens (tertiary/aromatic N) is 4. The fourth-order valence-corrected chi connectivity index (χ4v) is 3.12. The molecule has 1 aliphatic carbocycles. The molecule has 1 amide bonds. The number of carbonyl (C=O) groups is 1. The third-order valence-electron chi connectivity index (χ3n) is 4.68. The molecule has 0 spiro atoms. The van der Waals surface area contributed by atoms with Crippen molar-refractivity contribution in [2.24, 2.45) is 13.0 Å². The summed E-state index contributed by atoms with van der Waals surface area (Å²) in [6.07, 6.45) is 7.82. The Morgan fingerprint density at radius 2 is 2.22 bits per heavy atom. The summed E-state index contributed by atoms with van der Waals surface area (Å²) < 4.78 is 7.63. The molecule has 3 rings (SSSR count). The number of aryl methyl sites for hydroxylation is 2. The molecule has 0 bridgehead atoms. The van der Waals surface area contributed by atoms with Crippen LogP contribution in [0.15, 0.2) is 12.4 Å². The molecule has 0 N–H and O–H groups in total. The van der Waals surface area contributed by atoms with Crippen LogP contribution in [0.5, 0.6) is 0 Å². The first-order valence-corrected chi connectivity index (χ1v) is 8.65. The van der Waals surface area contributed by atoms with Crippen LogP contribution in [0.4, 0.5) is 0 Å². The maximum absolute atomic E-state index is 12.7. The van der Waals surface area contributed by atoms with Gasteiger partial charge in [-0.1, -0.05) is 0 Å². The van der Waals surface area contributed by atoms with E-state index in [1.807, 2.05) is 24.3 Å². The molecule has 0 radical (unpaired) electrons. The number of hydrogen-bond donors (Lipinski definition) is 0. The predicted octanol–water partition coefficient (Wildman–Crippen LogP) is 0.922. The molecule has 1 aromatic heterocycles. The van der Waals surface area contributed by atoms with Crippen molar-refractivity contribution in [1.82, 2.24) is 19.6 Å². The summed E-state index contributed by atoms with van der Waals surface area (Å²) in [4.78, 5) is 17.0. The van der Waals surface area contributed by atoms with E-state index in [1.54, 1.807) is 4.68 Å². The molecule has 1 saturated heterocycles. The largest absolute Gasteiger partial charge is 0.374 e. The zero-order valence-corrected chi connectivity index (χ0v) is 14.3. The first kappa shape index (κ1) is 16.5. The zero-order chi connectivity index (χ0) is 16.2. The molecule has 2 aliphatic rings. The first-order chi connectivity index (χ1) is 11.1. The van der Waals surface area contributed by atoms with Gasteiger partial charge in [-0.25, -0.2) is 0 Å². The number of hydrogen-bond acceptors (Lipinski definition) is 4. The quantitative estimate of drug-likeness (QED) is 0.750.